The van der Waals surface area contributed by atoms with Crippen molar-refractivity contribution in [3.05, 3.63) is 0 Å². The summed E-state index contributed by atoms with van der Waals surface area (Å²) in [5, 5.41) is 86.6. The smallest absolute Gasteiger partial charge is 0.189 e. The van der Waals surface area contributed by atoms with E-state index in [9.17, 15) is 9.59 Å². The zero-order valence-corrected chi connectivity index (χ0v) is 12.5. The van der Waals surface area contributed by atoms with Gasteiger partial charge in [0.25, 0.3) is 0 Å². The van der Waals surface area contributed by atoms with Crippen LogP contribution < -0.4 is 0 Å². The minimum Gasteiger partial charge on any atom is -0.394 e. The molecular weight excluding hydrogens is 336 g/mol. The second kappa shape index (κ2) is 13.3. The highest BCUT2D eigenvalue weighted by molar-refractivity contribution is 5.84. The van der Waals surface area contributed by atoms with E-state index in [1.807, 2.05) is 0 Å². The molecule has 0 radical (unpaired) electrons. The molecule has 24 heavy (non-hydrogen) atoms. The Labute approximate surface area is 136 Å². The van der Waals surface area contributed by atoms with Crippen molar-refractivity contribution in [3.63, 3.8) is 0 Å². The molecule has 0 fully saturated rings. The summed E-state index contributed by atoms with van der Waals surface area (Å²) < 4.78 is 0. The highest BCUT2D eigenvalue weighted by Crippen LogP contribution is 2.03. The van der Waals surface area contributed by atoms with Gasteiger partial charge in [-0.2, -0.15) is 0 Å². The number of ketones is 1. The standard InChI is InChI=1S/2C6H12O6/c2*7-1-3(9)5(11)6(12)4(10)2-8/h3,5-9,11-12H,1-2H2;1,3-6,8-12H,2H2/t3-,5+,6+;3-,4+,5+,6-/m10/s1. The fourth-order valence-corrected chi connectivity index (χ4v) is 1.22. The Kier molecular flexibility index (Phi) is 13.9. The van der Waals surface area contributed by atoms with Crippen LogP contribution in [0.25, 0.3) is 0 Å². The number of rotatable bonds is 10. The fraction of sp³-hybridized carbons (Fsp3) is 0.833. The normalized spacial score (nSPS) is 19.8. The van der Waals surface area contributed by atoms with Crippen molar-refractivity contribution >= 4 is 12.1 Å². The Bertz CT molecular complexity index is 351. The summed E-state index contributed by atoms with van der Waals surface area (Å²) in [4.78, 5) is 20.4. The molecule has 0 aliphatic rings. The maximum atomic E-state index is 10.5. The number of hydrogen-bond acceptors (Lipinski definition) is 12. The van der Waals surface area contributed by atoms with Gasteiger partial charge in [-0.05, 0) is 0 Å². The molecule has 0 unspecified atom stereocenters. The van der Waals surface area contributed by atoms with E-state index < -0.39 is 68.3 Å². The van der Waals surface area contributed by atoms with Gasteiger partial charge in [0.15, 0.2) is 12.1 Å². The van der Waals surface area contributed by atoms with Gasteiger partial charge in [-0.25, -0.2) is 0 Å². The summed E-state index contributed by atoms with van der Waals surface area (Å²) in [5.41, 5.74) is 0. The number of Topliss-reactive ketones (excluding diaryl/α,β-unsaturated/α-hetero) is 1. The SMILES string of the molecule is O=C(CO)[C@H](O)[C@@H](O)[C@H](O)CO.O=C[C@H](O)[C@@H](O)[C@@H](O)[C@H](O)CO. The highest BCUT2D eigenvalue weighted by Gasteiger charge is 2.30. The van der Waals surface area contributed by atoms with E-state index in [1.54, 1.807) is 0 Å². The largest absolute Gasteiger partial charge is 0.394 e. The van der Waals surface area contributed by atoms with Gasteiger partial charge in [0, 0.05) is 0 Å². The van der Waals surface area contributed by atoms with Crippen molar-refractivity contribution in [1.82, 2.24) is 0 Å². The monoisotopic (exact) mass is 360 g/mol. The first-order valence-corrected chi connectivity index (χ1v) is 6.65. The molecular formula is C12H24O12. The second-order valence-electron chi connectivity index (χ2n) is 4.67. The van der Waals surface area contributed by atoms with Gasteiger partial charge in [-0.1, -0.05) is 0 Å². The molecule has 7 atom stereocenters. The molecule has 0 aromatic carbocycles. The number of aldehydes is 1. The predicted octanol–water partition coefficient (Wildman–Crippen LogP) is -6.76. The zero-order valence-electron chi connectivity index (χ0n) is 12.5. The predicted molar refractivity (Wildman–Crippen MR) is 74.4 cm³/mol. The van der Waals surface area contributed by atoms with Crippen molar-refractivity contribution in [1.29, 1.82) is 0 Å². The maximum Gasteiger partial charge on any atom is 0.189 e. The number of aliphatic hydroxyl groups is 10. The fourth-order valence-electron chi connectivity index (χ4n) is 1.22. The third-order valence-corrected chi connectivity index (χ3v) is 2.81. The molecule has 10 N–H and O–H groups in total. The minimum absolute atomic E-state index is 0.0258. The zero-order chi connectivity index (χ0) is 19.4. The Hall–Kier alpha value is -1.06. The summed E-state index contributed by atoms with van der Waals surface area (Å²) in [6.45, 7) is -2.45. The van der Waals surface area contributed by atoms with E-state index >= 15 is 0 Å². The lowest BCUT2D eigenvalue weighted by atomic mass is 10.0. The molecule has 0 aromatic rings. The minimum atomic E-state index is -1.86. The van der Waals surface area contributed by atoms with E-state index in [0.717, 1.165) is 0 Å². The average Bonchev–Trinajstić information content (AvgIpc) is 2.62. The van der Waals surface area contributed by atoms with Crippen LogP contribution in [0.4, 0.5) is 0 Å². The summed E-state index contributed by atoms with van der Waals surface area (Å²) in [7, 11) is 0. The summed E-state index contributed by atoms with van der Waals surface area (Å²) >= 11 is 0. The molecule has 0 aliphatic carbocycles. The molecule has 0 spiro atoms. The lowest BCUT2D eigenvalue weighted by molar-refractivity contribution is -0.142. The van der Waals surface area contributed by atoms with Gasteiger partial charge in [0.1, 0.15) is 49.3 Å². The lowest BCUT2D eigenvalue weighted by Gasteiger charge is -2.22. The Morgan fingerprint density at radius 2 is 1.17 bits per heavy atom. The molecule has 0 aliphatic heterocycles. The van der Waals surface area contributed by atoms with Gasteiger partial charge < -0.3 is 55.9 Å². The van der Waals surface area contributed by atoms with E-state index in [1.165, 1.54) is 0 Å². The van der Waals surface area contributed by atoms with Crippen LogP contribution in [0.2, 0.25) is 0 Å². The summed E-state index contributed by atoms with van der Waals surface area (Å²) in [5.74, 6) is -1.00. The van der Waals surface area contributed by atoms with Crippen LogP contribution in [-0.4, -0.2) is 126 Å². The topological polar surface area (TPSA) is 236 Å². The first-order valence-electron chi connectivity index (χ1n) is 6.65. The third-order valence-electron chi connectivity index (χ3n) is 2.81. The molecule has 0 saturated heterocycles. The van der Waals surface area contributed by atoms with E-state index in [0.29, 0.717) is 0 Å². The Morgan fingerprint density at radius 1 is 0.750 bits per heavy atom. The van der Waals surface area contributed by atoms with Crippen LogP contribution in [0, 0.1) is 0 Å². The van der Waals surface area contributed by atoms with E-state index in [-0.39, 0.29) is 6.29 Å². The van der Waals surface area contributed by atoms with Gasteiger partial charge in [0.2, 0.25) is 0 Å². The molecule has 0 bridgehead atoms. The summed E-state index contributed by atoms with van der Waals surface area (Å²) in [6.07, 6.45) is -12.1. The van der Waals surface area contributed by atoms with Gasteiger partial charge in [0.05, 0.1) is 13.2 Å². The number of hydrogen-bond donors (Lipinski definition) is 10. The molecule has 12 heteroatoms. The Morgan fingerprint density at radius 3 is 1.50 bits per heavy atom. The molecule has 0 rings (SSSR count). The summed E-state index contributed by atoms with van der Waals surface area (Å²) in [6, 6.07) is 0. The maximum absolute atomic E-state index is 10.5. The van der Waals surface area contributed by atoms with Crippen LogP contribution in [0.1, 0.15) is 0 Å². The van der Waals surface area contributed by atoms with Crippen LogP contribution in [0.3, 0.4) is 0 Å². The average molecular weight is 360 g/mol. The lowest BCUT2D eigenvalue weighted by Crippen LogP contribution is -2.46. The molecule has 12 nitrogen and oxygen atoms in total. The van der Waals surface area contributed by atoms with Gasteiger partial charge in [-0.15, -0.1) is 0 Å². The molecule has 0 saturated carbocycles. The van der Waals surface area contributed by atoms with Crippen LogP contribution in [0.15, 0.2) is 0 Å². The second-order valence-corrected chi connectivity index (χ2v) is 4.67. The number of carbonyl (C=O) groups is 2. The Balaban J connectivity index is 0. The van der Waals surface area contributed by atoms with Crippen molar-refractivity contribution in [3.8, 4) is 0 Å². The number of carbonyl (C=O) groups excluding carboxylic acids is 2. The number of aliphatic hydroxyl groups excluding tert-OH is 10. The molecule has 0 amide bonds. The third kappa shape index (κ3) is 8.70. The molecule has 0 heterocycles. The molecule has 0 aromatic heterocycles. The van der Waals surface area contributed by atoms with Crippen molar-refractivity contribution in [2.75, 3.05) is 19.8 Å². The van der Waals surface area contributed by atoms with Crippen LogP contribution in [-0.2, 0) is 9.59 Å². The van der Waals surface area contributed by atoms with Crippen LogP contribution in [0.5, 0.6) is 0 Å². The van der Waals surface area contributed by atoms with Crippen molar-refractivity contribution in [2.45, 2.75) is 42.7 Å². The molecule has 144 valence electrons. The first-order chi connectivity index (χ1) is 11.1. The quantitative estimate of drug-likeness (QED) is 0.164. The van der Waals surface area contributed by atoms with Crippen molar-refractivity contribution in [2.24, 2.45) is 0 Å². The first kappa shape index (κ1) is 25.2. The van der Waals surface area contributed by atoms with Crippen LogP contribution >= 0.6 is 0 Å². The van der Waals surface area contributed by atoms with Gasteiger partial charge >= 0.3 is 0 Å². The van der Waals surface area contributed by atoms with E-state index in [4.69, 9.17) is 51.1 Å². The van der Waals surface area contributed by atoms with Gasteiger partial charge in [-0.3, -0.25) is 4.79 Å². The van der Waals surface area contributed by atoms with Crippen molar-refractivity contribution < 1.29 is 60.7 Å². The van der Waals surface area contributed by atoms with E-state index in [2.05, 4.69) is 0 Å². The highest BCUT2D eigenvalue weighted by atomic mass is 16.4.